The SMILES string of the molecule is [Ac].[CH2-]CNC. The second-order valence-electron chi connectivity index (χ2n) is 0.604. The number of nitrogens with one attached hydrogen (secondary N) is 1. The maximum absolute atomic E-state index is 3.49. The normalized spacial score (nSPS) is 6.00. The molecule has 2 heteroatoms. The van der Waals surface area contributed by atoms with Crippen molar-refractivity contribution in [1.82, 2.24) is 5.32 Å². The molecule has 29 valence electrons. The van der Waals surface area contributed by atoms with Gasteiger partial charge in [0.05, 0.1) is 0 Å². The first-order chi connectivity index (χ1) is 1.91. The van der Waals surface area contributed by atoms with Gasteiger partial charge in [-0.1, -0.05) is 0 Å². The van der Waals surface area contributed by atoms with E-state index >= 15 is 0 Å². The van der Waals surface area contributed by atoms with Gasteiger partial charge in [0, 0.05) is 44.1 Å². The Kier molecular flexibility index (Phi) is 17.4. The molecular formula is C3H8AcN-. The smallest absolute Gasteiger partial charge is 0 e. The number of hydrogen-bond donors (Lipinski definition) is 1. The fourth-order valence-corrected chi connectivity index (χ4v) is 0. The molecule has 0 atom stereocenters. The fraction of sp³-hybridized carbons (Fsp3) is 0.667. The van der Waals surface area contributed by atoms with E-state index in [1.54, 1.807) is 0 Å². The van der Waals surface area contributed by atoms with Crippen molar-refractivity contribution in [2.24, 2.45) is 0 Å². The van der Waals surface area contributed by atoms with Crippen molar-refractivity contribution in [3.63, 3.8) is 0 Å². The molecule has 0 rings (SSSR count). The van der Waals surface area contributed by atoms with Crippen LogP contribution in [0.3, 0.4) is 0 Å². The molecule has 1 N–H and O–H groups in total. The summed E-state index contributed by atoms with van der Waals surface area (Å²) in [6.45, 7) is 4.31. The monoisotopic (exact) mass is 285 g/mol. The molecule has 0 spiro atoms. The third-order valence-corrected chi connectivity index (χ3v) is 0.250. The van der Waals surface area contributed by atoms with Crippen molar-refractivity contribution < 1.29 is 44.1 Å². The summed E-state index contributed by atoms with van der Waals surface area (Å²) >= 11 is 0. The Labute approximate surface area is 69.1 Å². The zero-order chi connectivity index (χ0) is 3.41. The Bertz CT molecular complexity index is 8.85. The molecule has 0 aliphatic rings. The third kappa shape index (κ3) is 10.8. The predicted molar refractivity (Wildman–Crippen MR) is 19.3 cm³/mol. The minimum Gasteiger partial charge on any atom is -0.349 e. The summed E-state index contributed by atoms with van der Waals surface area (Å²) in [5.74, 6) is 0. The van der Waals surface area contributed by atoms with Crippen LogP contribution in [0.5, 0.6) is 0 Å². The Morgan fingerprint density at radius 2 is 2.00 bits per heavy atom. The van der Waals surface area contributed by atoms with Crippen molar-refractivity contribution in [2.75, 3.05) is 13.6 Å². The van der Waals surface area contributed by atoms with Crippen LogP contribution < -0.4 is 5.32 Å². The average molecular weight is 285 g/mol. The van der Waals surface area contributed by atoms with Crippen molar-refractivity contribution in [3.05, 3.63) is 6.92 Å². The van der Waals surface area contributed by atoms with Crippen LogP contribution in [0.1, 0.15) is 0 Å². The first-order valence-corrected chi connectivity index (χ1v) is 1.35. The van der Waals surface area contributed by atoms with Crippen LogP contribution in [0.2, 0.25) is 0 Å². The van der Waals surface area contributed by atoms with Crippen LogP contribution in [0, 0.1) is 51.0 Å². The standard InChI is InChI=1S/C3H8N.Ac/c1-3-4-2;/h4H,1,3H2,2H3;/q-1;. The predicted octanol–water partition coefficient (Wildman–Crippen LogP) is 0.0399. The minimum absolute atomic E-state index is 0. The summed E-state index contributed by atoms with van der Waals surface area (Å²) in [7, 11) is 1.87. The molecule has 0 aromatic carbocycles. The van der Waals surface area contributed by atoms with E-state index in [0.717, 1.165) is 6.54 Å². The molecule has 0 aromatic rings. The summed E-state index contributed by atoms with van der Waals surface area (Å²) in [6, 6.07) is 0. The molecule has 0 unspecified atom stereocenters. The van der Waals surface area contributed by atoms with Gasteiger partial charge < -0.3 is 12.2 Å². The molecule has 5 heavy (non-hydrogen) atoms. The van der Waals surface area contributed by atoms with Gasteiger partial charge in [-0.3, -0.25) is 0 Å². The van der Waals surface area contributed by atoms with Crippen LogP contribution in [-0.4, -0.2) is 13.6 Å². The Morgan fingerprint density at radius 1 is 1.80 bits per heavy atom. The molecule has 0 aliphatic carbocycles. The maximum Gasteiger partial charge on any atom is 0 e. The molecule has 0 aliphatic heterocycles. The van der Waals surface area contributed by atoms with Crippen LogP contribution in [0.25, 0.3) is 0 Å². The zero-order valence-electron chi connectivity index (χ0n) is 3.49. The van der Waals surface area contributed by atoms with Crippen LogP contribution >= 0.6 is 0 Å². The molecular weight excluding hydrogens is 277 g/mol. The third-order valence-electron chi connectivity index (χ3n) is 0.250. The van der Waals surface area contributed by atoms with Crippen molar-refractivity contribution in [2.45, 2.75) is 0 Å². The van der Waals surface area contributed by atoms with Crippen molar-refractivity contribution >= 4 is 0 Å². The molecule has 0 saturated carbocycles. The Hall–Kier alpha value is 1.40. The van der Waals surface area contributed by atoms with E-state index in [1.807, 2.05) is 7.05 Å². The van der Waals surface area contributed by atoms with E-state index < -0.39 is 0 Å². The Morgan fingerprint density at radius 3 is 2.00 bits per heavy atom. The first kappa shape index (κ1) is 9.64. The second kappa shape index (κ2) is 9.04. The summed E-state index contributed by atoms with van der Waals surface area (Å²) < 4.78 is 0. The first-order valence-electron chi connectivity index (χ1n) is 1.35. The van der Waals surface area contributed by atoms with Gasteiger partial charge >= 0.3 is 0 Å². The van der Waals surface area contributed by atoms with Crippen LogP contribution in [0.15, 0.2) is 0 Å². The van der Waals surface area contributed by atoms with E-state index in [9.17, 15) is 0 Å². The molecule has 0 saturated heterocycles. The van der Waals surface area contributed by atoms with E-state index in [2.05, 4.69) is 12.2 Å². The maximum atomic E-state index is 3.49. The van der Waals surface area contributed by atoms with Gasteiger partial charge in [0.25, 0.3) is 0 Å². The zero-order valence-corrected chi connectivity index (χ0v) is 8.24. The quantitative estimate of drug-likeness (QED) is 0.671. The van der Waals surface area contributed by atoms with Crippen molar-refractivity contribution in [1.29, 1.82) is 0 Å². The van der Waals surface area contributed by atoms with Gasteiger partial charge in [0.2, 0.25) is 0 Å². The van der Waals surface area contributed by atoms with Gasteiger partial charge in [0.1, 0.15) is 0 Å². The second-order valence-corrected chi connectivity index (χ2v) is 0.604. The fourth-order valence-electron chi connectivity index (χ4n) is 0. The number of rotatable bonds is 1. The van der Waals surface area contributed by atoms with E-state index in [1.165, 1.54) is 0 Å². The number of hydrogen-bond acceptors (Lipinski definition) is 1. The summed E-state index contributed by atoms with van der Waals surface area (Å²) in [6.07, 6.45) is 0. The molecule has 1 radical (unpaired) electrons. The van der Waals surface area contributed by atoms with Gasteiger partial charge in [-0.05, 0) is 7.05 Å². The summed E-state index contributed by atoms with van der Waals surface area (Å²) in [5.41, 5.74) is 0. The minimum atomic E-state index is 0. The van der Waals surface area contributed by atoms with Crippen LogP contribution in [0.4, 0.5) is 0 Å². The van der Waals surface area contributed by atoms with Gasteiger partial charge in [0.15, 0.2) is 0 Å². The summed E-state index contributed by atoms with van der Waals surface area (Å²) in [4.78, 5) is 0. The van der Waals surface area contributed by atoms with Crippen molar-refractivity contribution in [3.8, 4) is 0 Å². The molecule has 0 fully saturated rings. The van der Waals surface area contributed by atoms with Gasteiger partial charge in [-0.15, -0.1) is 6.54 Å². The molecule has 0 bridgehead atoms. The van der Waals surface area contributed by atoms with Crippen LogP contribution in [-0.2, 0) is 0 Å². The molecule has 1 nitrogen and oxygen atoms in total. The van der Waals surface area contributed by atoms with Gasteiger partial charge in [-0.25, -0.2) is 0 Å². The van der Waals surface area contributed by atoms with Gasteiger partial charge in [-0.2, -0.15) is 0 Å². The van der Waals surface area contributed by atoms with E-state index in [-0.39, 0.29) is 44.1 Å². The van der Waals surface area contributed by atoms with E-state index in [0.29, 0.717) is 0 Å². The largest absolute Gasteiger partial charge is 0.349 e. The molecule has 0 amide bonds. The Balaban J connectivity index is 0. The average Bonchev–Trinajstić information content (AvgIpc) is 1.37. The topological polar surface area (TPSA) is 12.0 Å². The van der Waals surface area contributed by atoms with E-state index in [4.69, 9.17) is 0 Å². The summed E-state index contributed by atoms with van der Waals surface area (Å²) in [5, 5.41) is 2.82. The molecule has 0 aromatic heterocycles. The molecule has 0 heterocycles.